The molecule has 0 fully saturated rings. The summed E-state index contributed by atoms with van der Waals surface area (Å²) < 4.78 is 1.64. The van der Waals surface area contributed by atoms with Gasteiger partial charge in [0, 0.05) is 10.8 Å². The lowest BCUT2D eigenvalue weighted by Gasteiger charge is -2.14. The molecule has 0 radical (unpaired) electrons. The Morgan fingerprint density at radius 3 is 2.63 bits per heavy atom. The van der Waals surface area contributed by atoms with Gasteiger partial charge in [0.1, 0.15) is 22.5 Å². The molecule has 2 rings (SSSR count). The fourth-order valence-electron chi connectivity index (χ4n) is 1.71. The third-order valence-electron chi connectivity index (χ3n) is 2.88. The zero-order chi connectivity index (χ0) is 14.2. The van der Waals surface area contributed by atoms with Crippen molar-refractivity contribution in [3.63, 3.8) is 0 Å². The number of nitrogens with zero attached hydrogens (tertiary/aromatic N) is 4. The fraction of sp³-hybridized carbons (Fsp3) is 0.462. The first-order valence-electron chi connectivity index (χ1n) is 6.00. The lowest BCUT2D eigenvalue weighted by molar-refractivity contribution is 0.568. The van der Waals surface area contributed by atoms with E-state index in [1.807, 2.05) is 0 Å². The van der Waals surface area contributed by atoms with Crippen molar-refractivity contribution in [3.05, 3.63) is 27.3 Å². The monoisotopic (exact) mass is 275 g/mol. The molecule has 100 valence electrons. The van der Waals surface area contributed by atoms with E-state index in [0.29, 0.717) is 23.6 Å². The number of nitriles is 1. The van der Waals surface area contributed by atoms with Gasteiger partial charge in [-0.2, -0.15) is 10.4 Å². The number of hydrogen-bond donors (Lipinski definition) is 1. The Hall–Kier alpha value is -1.87. The van der Waals surface area contributed by atoms with Crippen LogP contribution in [-0.2, 0) is 12.0 Å². The minimum atomic E-state index is 0.0398. The number of nitrogens with two attached hydrogens (primary N) is 1. The number of anilines is 1. The van der Waals surface area contributed by atoms with Crippen LogP contribution < -0.4 is 5.73 Å². The van der Waals surface area contributed by atoms with Gasteiger partial charge in [0.2, 0.25) is 0 Å². The molecule has 6 heteroatoms. The maximum Gasteiger partial charge on any atom is 0.140 e. The summed E-state index contributed by atoms with van der Waals surface area (Å²) in [6.45, 7) is 8.69. The van der Waals surface area contributed by atoms with Crippen LogP contribution in [0.5, 0.6) is 0 Å². The molecule has 2 heterocycles. The van der Waals surface area contributed by atoms with Crippen molar-refractivity contribution >= 4 is 17.2 Å². The molecule has 19 heavy (non-hydrogen) atoms. The minimum Gasteiger partial charge on any atom is -0.383 e. The van der Waals surface area contributed by atoms with Crippen molar-refractivity contribution in [1.29, 1.82) is 5.26 Å². The number of thiazole rings is 1. The van der Waals surface area contributed by atoms with Gasteiger partial charge in [-0.1, -0.05) is 20.8 Å². The molecule has 0 unspecified atom stereocenters. The Labute approximate surface area is 116 Å². The molecular weight excluding hydrogens is 258 g/mol. The van der Waals surface area contributed by atoms with Gasteiger partial charge in [0.25, 0.3) is 0 Å². The lowest BCUT2D eigenvalue weighted by atomic mass is 9.93. The zero-order valence-electron chi connectivity index (χ0n) is 11.6. The largest absolute Gasteiger partial charge is 0.383 e. The van der Waals surface area contributed by atoms with Crippen molar-refractivity contribution < 1.29 is 0 Å². The van der Waals surface area contributed by atoms with E-state index < -0.39 is 0 Å². The molecular formula is C13H17N5S. The summed E-state index contributed by atoms with van der Waals surface area (Å²) in [6, 6.07) is 2.07. The van der Waals surface area contributed by atoms with Gasteiger partial charge >= 0.3 is 0 Å². The highest BCUT2D eigenvalue weighted by Gasteiger charge is 2.18. The average Bonchev–Trinajstić information content (AvgIpc) is 2.85. The summed E-state index contributed by atoms with van der Waals surface area (Å²) in [5, 5.41) is 16.3. The Kier molecular flexibility index (Phi) is 3.33. The predicted molar refractivity (Wildman–Crippen MR) is 76.0 cm³/mol. The quantitative estimate of drug-likeness (QED) is 0.912. The maximum atomic E-state index is 8.99. The number of nitrogen functional groups attached to an aromatic ring is 1. The summed E-state index contributed by atoms with van der Waals surface area (Å²) >= 11 is 1.59. The molecule has 2 N–H and O–H groups in total. The van der Waals surface area contributed by atoms with Crippen LogP contribution >= 0.6 is 11.3 Å². The zero-order valence-corrected chi connectivity index (χ0v) is 12.4. The molecule has 0 saturated heterocycles. The van der Waals surface area contributed by atoms with Gasteiger partial charge in [-0.15, -0.1) is 11.3 Å². The second kappa shape index (κ2) is 4.67. The third-order valence-corrected chi connectivity index (χ3v) is 3.72. The molecule has 0 atom stereocenters. The topological polar surface area (TPSA) is 80.5 Å². The van der Waals surface area contributed by atoms with Crippen molar-refractivity contribution in [1.82, 2.24) is 14.8 Å². The van der Waals surface area contributed by atoms with Gasteiger partial charge in [-0.05, 0) is 6.92 Å². The average molecular weight is 275 g/mol. The maximum absolute atomic E-state index is 8.99. The highest BCUT2D eigenvalue weighted by molar-refractivity contribution is 7.09. The van der Waals surface area contributed by atoms with Crippen molar-refractivity contribution in [3.8, 4) is 6.07 Å². The summed E-state index contributed by atoms with van der Waals surface area (Å²) in [5.74, 6) is 0.410. The number of aromatic nitrogens is 3. The summed E-state index contributed by atoms with van der Waals surface area (Å²) in [4.78, 5) is 4.60. The Bertz CT molecular complexity index is 639. The third kappa shape index (κ3) is 2.61. The molecule has 0 aliphatic heterocycles. The summed E-state index contributed by atoms with van der Waals surface area (Å²) in [7, 11) is 0. The van der Waals surface area contributed by atoms with Crippen LogP contribution in [0, 0.1) is 18.3 Å². The van der Waals surface area contributed by atoms with Crippen LogP contribution in [0.4, 0.5) is 5.82 Å². The van der Waals surface area contributed by atoms with Gasteiger partial charge in [-0.3, -0.25) is 0 Å². The molecule has 0 spiro atoms. The lowest BCUT2D eigenvalue weighted by Crippen LogP contribution is -2.12. The number of hydrogen-bond acceptors (Lipinski definition) is 5. The van der Waals surface area contributed by atoms with Crippen LogP contribution in [0.1, 0.15) is 42.7 Å². The Morgan fingerprint density at radius 1 is 1.47 bits per heavy atom. The Balaban J connectivity index is 2.28. The highest BCUT2D eigenvalue weighted by atomic mass is 32.1. The molecule has 2 aromatic heterocycles. The SMILES string of the molecule is Cc1nn(Cc2nc(C(C)(C)C)cs2)c(N)c1C#N. The van der Waals surface area contributed by atoms with Crippen molar-refractivity contribution in [2.45, 2.75) is 39.7 Å². The molecule has 2 aromatic rings. The molecule has 0 aliphatic rings. The number of aryl methyl sites for hydroxylation is 1. The van der Waals surface area contributed by atoms with Crippen LogP contribution in [0.15, 0.2) is 5.38 Å². The second-order valence-corrected chi connectivity index (χ2v) is 6.43. The molecule has 0 amide bonds. The van der Waals surface area contributed by atoms with E-state index >= 15 is 0 Å². The van der Waals surface area contributed by atoms with E-state index in [-0.39, 0.29) is 5.41 Å². The Morgan fingerprint density at radius 2 is 2.16 bits per heavy atom. The first-order valence-corrected chi connectivity index (χ1v) is 6.88. The summed E-state index contributed by atoms with van der Waals surface area (Å²) in [6.07, 6.45) is 0. The van der Waals surface area contributed by atoms with E-state index in [9.17, 15) is 0 Å². The second-order valence-electron chi connectivity index (χ2n) is 5.49. The highest BCUT2D eigenvalue weighted by Crippen LogP contribution is 2.25. The summed E-state index contributed by atoms with van der Waals surface area (Å²) in [5.41, 5.74) is 8.13. The molecule has 0 aliphatic carbocycles. The van der Waals surface area contributed by atoms with Gasteiger partial charge in [-0.25, -0.2) is 9.67 Å². The number of rotatable bonds is 2. The van der Waals surface area contributed by atoms with E-state index in [4.69, 9.17) is 11.0 Å². The molecule has 5 nitrogen and oxygen atoms in total. The molecule has 0 saturated carbocycles. The van der Waals surface area contributed by atoms with Crippen LogP contribution in [0.2, 0.25) is 0 Å². The normalized spacial score (nSPS) is 11.5. The van der Waals surface area contributed by atoms with Crippen LogP contribution in [-0.4, -0.2) is 14.8 Å². The van der Waals surface area contributed by atoms with Crippen molar-refractivity contribution in [2.75, 3.05) is 5.73 Å². The van der Waals surface area contributed by atoms with Gasteiger partial charge in [0.15, 0.2) is 0 Å². The first-order chi connectivity index (χ1) is 8.82. The van der Waals surface area contributed by atoms with E-state index in [0.717, 1.165) is 10.7 Å². The fourth-order valence-corrected chi connectivity index (χ4v) is 2.72. The van der Waals surface area contributed by atoms with Gasteiger partial charge in [0.05, 0.1) is 17.9 Å². The molecule has 0 aromatic carbocycles. The van der Waals surface area contributed by atoms with Gasteiger partial charge < -0.3 is 5.73 Å². The smallest absolute Gasteiger partial charge is 0.140 e. The van der Waals surface area contributed by atoms with Crippen molar-refractivity contribution in [2.24, 2.45) is 0 Å². The van der Waals surface area contributed by atoms with E-state index in [2.05, 4.69) is 42.3 Å². The first kappa shape index (κ1) is 13.6. The minimum absolute atomic E-state index is 0.0398. The standard InChI is InChI=1S/C13H17N5S/c1-8-9(5-14)12(15)18(17-8)6-11-16-10(7-19-11)13(2,3)4/h7H,6,15H2,1-4H3. The predicted octanol–water partition coefficient (Wildman–Crippen LogP) is 2.45. The van der Waals surface area contributed by atoms with Crippen LogP contribution in [0.3, 0.4) is 0 Å². The van der Waals surface area contributed by atoms with E-state index in [1.54, 1.807) is 22.9 Å². The molecule has 0 bridgehead atoms. The van der Waals surface area contributed by atoms with E-state index in [1.165, 1.54) is 0 Å². The van der Waals surface area contributed by atoms with Crippen LogP contribution in [0.25, 0.3) is 0 Å².